The standard InChI is InChI=1S/C17H23FN2O3/c18-15-5-1-4-14(16(15)21)17(22)19-12-6-8-20(9-7-12)11-13-3-2-10-23-13/h1,4-5,12-13,21H,2-3,6-11H2,(H,19,22). The highest BCUT2D eigenvalue weighted by molar-refractivity contribution is 5.97. The average Bonchev–Trinajstić information content (AvgIpc) is 3.05. The van der Waals surface area contributed by atoms with Gasteiger partial charge < -0.3 is 20.1 Å². The summed E-state index contributed by atoms with van der Waals surface area (Å²) in [6.45, 7) is 3.67. The first-order valence-corrected chi connectivity index (χ1v) is 8.26. The Morgan fingerprint density at radius 3 is 2.83 bits per heavy atom. The smallest absolute Gasteiger partial charge is 0.255 e. The molecule has 1 atom stereocenters. The molecule has 2 heterocycles. The predicted octanol–water partition coefficient (Wildman–Crippen LogP) is 1.90. The third kappa shape index (κ3) is 4.00. The quantitative estimate of drug-likeness (QED) is 0.889. The number of piperidine rings is 1. The van der Waals surface area contributed by atoms with Crippen LogP contribution in [-0.4, -0.2) is 54.3 Å². The fourth-order valence-corrected chi connectivity index (χ4v) is 3.30. The molecule has 3 rings (SSSR count). The Balaban J connectivity index is 1.48. The number of rotatable bonds is 4. The Bertz CT molecular complexity index is 553. The van der Waals surface area contributed by atoms with Gasteiger partial charge in [0.15, 0.2) is 11.6 Å². The SMILES string of the molecule is O=C(NC1CCN(CC2CCCO2)CC1)c1cccc(F)c1O. The lowest BCUT2D eigenvalue weighted by Crippen LogP contribution is -2.46. The second-order valence-corrected chi connectivity index (χ2v) is 6.32. The molecule has 2 N–H and O–H groups in total. The highest BCUT2D eigenvalue weighted by Crippen LogP contribution is 2.22. The summed E-state index contributed by atoms with van der Waals surface area (Å²) in [4.78, 5) is 14.5. The lowest BCUT2D eigenvalue weighted by molar-refractivity contribution is 0.0612. The zero-order valence-corrected chi connectivity index (χ0v) is 13.1. The number of halogens is 1. The first-order valence-electron chi connectivity index (χ1n) is 8.26. The van der Waals surface area contributed by atoms with E-state index in [4.69, 9.17) is 4.74 Å². The van der Waals surface area contributed by atoms with Crippen molar-refractivity contribution in [2.24, 2.45) is 0 Å². The second kappa shape index (κ2) is 7.27. The Labute approximate surface area is 135 Å². The summed E-state index contributed by atoms with van der Waals surface area (Å²) in [5.41, 5.74) is -0.00761. The number of benzene rings is 1. The van der Waals surface area contributed by atoms with Crippen LogP contribution in [0, 0.1) is 5.82 Å². The highest BCUT2D eigenvalue weighted by Gasteiger charge is 2.25. The maximum Gasteiger partial charge on any atom is 0.255 e. The van der Waals surface area contributed by atoms with Crippen LogP contribution < -0.4 is 5.32 Å². The summed E-state index contributed by atoms with van der Waals surface area (Å²) in [6, 6.07) is 4.05. The van der Waals surface area contributed by atoms with Gasteiger partial charge in [-0.1, -0.05) is 6.07 Å². The van der Waals surface area contributed by atoms with E-state index in [2.05, 4.69) is 10.2 Å². The molecule has 0 spiro atoms. The summed E-state index contributed by atoms with van der Waals surface area (Å²) >= 11 is 0. The van der Waals surface area contributed by atoms with Gasteiger partial charge in [-0.2, -0.15) is 0 Å². The van der Waals surface area contributed by atoms with E-state index in [-0.39, 0.29) is 11.6 Å². The van der Waals surface area contributed by atoms with E-state index in [9.17, 15) is 14.3 Å². The monoisotopic (exact) mass is 322 g/mol. The van der Waals surface area contributed by atoms with Crippen molar-refractivity contribution in [2.45, 2.75) is 37.8 Å². The van der Waals surface area contributed by atoms with Crippen molar-refractivity contribution in [1.29, 1.82) is 0 Å². The molecule has 2 saturated heterocycles. The fraction of sp³-hybridized carbons (Fsp3) is 0.588. The van der Waals surface area contributed by atoms with E-state index < -0.39 is 17.5 Å². The molecule has 1 unspecified atom stereocenters. The number of carbonyl (C=O) groups excluding carboxylic acids is 1. The summed E-state index contributed by atoms with van der Waals surface area (Å²) in [6.07, 6.45) is 4.35. The van der Waals surface area contributed by atoms with Crippen LogP contribution in [0.3, 0.4) is 0 Å². The van der Waals surface area contributed by atoms with Gasteiger partial charge in [-0.05, 0) is 37.8 Å². The van der Waals surface area contributed by atoms with Crippen LogP contribution in [0.2, 0.25) is 0 Å². The number of phenols is 1. The molecule has 23 heavy (non-hydrogen) atoms. The minimum absolute atomic E-state index is 0.00761. The molecule has 1 amide bonds. The van der Waals surface area contributed by atoms with E-state index in [1.165, 1.54) is 12.1 Å². The molecule has 2 aliphatic rings. The van der Waals surface area contributed by atoms with Gasteiger partial charge in [-0.25, -0.2) is 4.39 Å². The molecule has 1 aromatic rings. The van der Waals surface area contributed by atoms with Crippen LogP contribution in [0.25, 0.3) is 0 Å². The highest BCUT2D eigenvalue weighted by atomic mass is 19.1. The predicted molar refractivity (Wildman–Crippen MR) is 84.0 cm³/mol. The summed E-state index contributed by atoms with van der Waals surface area (Å²) in [5.74, 6) is -1.77. The van der Waals surface area contributed by atoms with Crippen LogP contribution in [0.1, 0.15) is 36.0 Å². The molecule has 126 valence electrons. The molecule has 2 aliphatic heterocycles. The van der Waals surface area contributed by atoms with Crippen LogP contribution >= 0.6 is 0 Å². The topological polar surface area (TPSA) is 61.8 Å². The number of amides is 1. The number of hydrogen-bond donors (Lipinski definition) is 2. The Hall–Kier alpha value is -1.66. The molecule has 0 radical (unpaired) electrons. The maximum atomic E-state index is 13.3. The van der Waals surface area contributed by atoms with E-state index in [0.717, 1.165) is 58.0 Å². The van der Waals surface area contributed by atoms with E-state index in [1.807, 2.05) is 0 Å². The molecule has 6 heteroatoms. The number of nitrogens with one attached hydrogen (secondary N) is 1. The summed E-state index contributed by atoms with van der Waals surface area (Å²) < 4.78 is 19.0. The average molecular weight is 322 g/mol. The van der Waals surface area contributed by atoms with Crippen molar-refractivity contribution in [2.75, 3.05) is 26.2 Å². The van der Waals surface area contributed by atoms with Crippen molar-refractivity contribution in [3.05, 3.63) is 29.6 Å². The summed E-state index contributed by atoms with van der Waals surface area (Å²) in [7, 11) is 0. The van der Waals surface area contributed by atoms with Gasteiger partial charge in [0.2, 0.25) is 0 Å². The van der Waals surface area contributed by atoms with Crippen LogP contribution in [-0.2, 0) is 4.74 Å². The van der Waals surface area contributed by atoms with Gasteiger partial charge >= 0.3 is 0 Å². The largest absolute Gasteiger partial charge is 0.504 e. The van der Waals surface area contributed by atoms with Crippen LogP contribution in [0.5, 0.6) is 5.75 Å². The normalized spacial score (nSPS) is 23.1. The van der Waals surface area contributed by atoms with Gasteiger partial charge in [0.25, 0.3) is 5.91 Å². The minimum atomic E-state index is -0.774. The van der Waals surface area contributed by atoms with E-state index in [0.29, 0.717) is 6.10 Å². The maximum absolute atomic E-state index is 13.3. The first-order chi connectivity index (χ1) is 11.1. The van der Waals surface area contributed by atoms with Gasteiger partial charge in [-0.15, -0.1) is 0 Å². The van der Waals surface area contributed by atoms with Gasteiger partial charge in [-0.3, -0.25) is 4.79 Å². The molecular formula is C17H23FN2O3. The van der Waals surface area contributed by atoms with Crippen LogP contribution in [0.4, 0.5) is 4.39 Å². The molecule has 0 aromatic heterocycles. The Morgan fingerprint density at radius 2 is 2.13 bits per heavy atom. The van der Waals surface area contributed by atoms with Crippen LogP contribution in [0.15, 0.2) is 18.2 Å². The number of para-hydroxylation sites is 1. The lowest BCUT2D eigenvalue weighted by Gasteiger charge is -2.33. The van der Waals surface area contributed by atoms with E-state index >= 15 is 0 Å². The zero-order chi connectivity index (χ0) is 16.2. The van der Waals surface area contributed by atoms with Crippen molar-refractivity contribution < 1.29 is 19.0 Å². The molecule has 1 aromatic carbocycles. The third-order valence-corrected chi connectivity index (χ3v) is 4.64. The van der Waals surface area contributed by atoms with Gasteiger partial charge in [0.1, 0.15) is 0 Å². The van der Waals surface area contributed by atoms with E-state index in [1.54, 1.807) is 0 Å². The van der Waals surface area contributed by atoms with Gasteiger partial charge in [0, 0.05) is 32.3 Å². The molecule has 0 aliphatic carbocycles. The summed E-state index contributed by atoms with van der Waals surface area (Å²) in [5, 5.41) is 12.5. The number of nitrogens with zero attached hydrogens (tertiary/aromatic N) is 1. The van der Waals surface area contributed by atoms with Gasteiger partial charge in [0.05, 0.1) is 11.7 Å². The molecule has 2 fully saturated rings. The third-order valence-electron chi connectivity index (χ3n) is 4.64. The molecule has 0 bridgehead atoms. The van der Waals surface area contributed by atoms with Crippen molar-refractivity contribution >= 4 is 5.91 Å². The number of carbonyl (C=O) groups is 1. The molecule has 5 nitrogen and oxygen atoms in total. The zero-order valence-electron chi connectivity index (χ0n) is 13.1. The lowest BCUT2D eigenvalue weighted by atomic mass is 10.0. The number of likely N-dealkylation sites (tertiary alicyclic amines) is 1. The minimum Gasteiger partial charge on any atom is -0.504 e. The Kier molecular flexibility index (Phi) is 5.13. The number of ether oxygens (including phenoxy) is 1. The molecular weight excluding hydrogens is 299 g/mol. The fourth-order valence-electron chi connectivity index (χ4n) is 3.30. The second-order valence-electron chi connectivity index (χ2n) is 6.32. The number of hydrogen-bond acceptors (Lipinski definition) is 4. The number of phenolic OH excluding ortho intramolecular Hbond substituents is 1. The van der Waals surface area contributed by atoms with Crippen molar-refractivity contribution in [3.63, 3.8) is 0 Å². The number of aromatic hydroxyl groups is 1. The van der Waals surface area contributed by atoms with Crippen molar-refractivity contribution in [1.82, 2.24) is 10.2 Å². The molecule has 0 saturated carbocycles. The Morgan fingerprint density at radius 1 is 1.35 bits per heavy atom. The first kappa shape index (κ1) is 16.2. The van der Waals surface area contributed by atoms with Crippen molar-refractivity contribution in [3.8, 4) is 5.75 Å².